The topological polar surface area (TPSA) is 64.4 Å². The average molecular weight is 325 g/mol. The number of hydrogen-bond acceptors (Lipinski definition) is 4. The normalized spacial score (nSPS) is 10.3. The van der Waals surface area contributed by atoms with Gasteiger partial charge < -0.3 is 14.6 Å². The quantitative estimate of drug-likeness (QED) is 0.938. The van der Waals surface area contributed by atoms with Crippen molar-refractivity contribution in [3.63, 3.8) is 0 Å². The third-order valence-corrected chi connectivity index (χ3v) is 2.88. The maximum Gasteiger partial charge on any atom is 0.263 e. The first-order valence-electron chi connectivity index (χ1n) is 5.67. The largest absolute Gasteiger partial charge is 0.483 e. The van der Waals surface area contributed by atoms with Crippen LogP contribution in [0.2, 0.25) is 0 Å². The highest BCUT2D eigenvalue weighted by molar-refractivity contribution is 9.10. The maximum atomic E-state index is 11.6. The Balaban J connectivity index is 1.89. The zero-order chi connectivity index (χ0) is 13.8. The summed E-state index contributed by atoms with van der Waals surface area (Å²) in [6.45, 7) is 3.59. The summed E-state index contributed by atoms with van der Waals surface area (Å²) in [5.41, 5.74) is 0.958. The first-order valence-corrected chi connectivity index (χ1v) is 6.46. The minimum Gasteiger partial charge on any atom is -0.483 e. The van der Waals surface area contributed by atoms with Crippen LogP contribution in [-0.4, -0.2) is 17.7 Å². The van der Waals surface area contributed by atoms with E-state index in [1.54, 1.807) is 13.0 Å². The molecule has 1 aromatic carbocycles. The zero-order valence-corrected chi connectivity index (χ0v) is 12.2. The number of nitrogens with zero attached hydrogens (tertiary/aromatic N) is 1. The summed E-state index contributed by atoms with van der Waals surface area (Å²) in [5.74, 6) is 1.42. The van der Waals surface area contributed by atoms with Crippen LogP contribution in [0.1, 0.15) is 11.3 Å². The Morgan fingerprint density at radius 1 is 1.42 bits per heavy atom. The number of rotatable bonds is 4. The van der Waals surface area contributed by atoms with Gasteiger partial charge in [0.25, 0.3) is 5.91 Å². The molecule has 1 heterocycles. The molecule has 0 atom stereocenters. The third kappa shape index (κ3) is 3.82. The summed E-state index contributed by atoms with van der Waals surface area (Å²) in [4.78, 5) is 11.6. The first kappa shape index (κ1) is 13.6. The van der Waals surface area contributed by atoms with Gasteiger partial charge in [0.2, 0.25) is 0 Å². The zero-order valence-electron chi connectivity index (χ0n) is 10.6. The molecule has 0 unspecified atom stereocenters. The number of anilines is 1. The van der Waals surface area contributed by atoms with Gasteiger partial charge in [0.15, 0.2) is 12.4 Å². The van der Waals surface area contributed by atoms with Crippen molar-refractivity contribution in [1.82, 2.24) is 5.16 Å². The van der Waals surface area contributed by atoms with E-state index >= 15 is 0 Å². The lowest BCUT2D eigenvalue weighted by molar-refractivity contribution is -0.118. The van der Waals surface area contributed by atoms with Gasteiger partial charge in [0, 0.05) is 10.5 Å². The van der Waals surface area contributed by atoms with Crippen LogP contribution in [0.4, 0.5) is 5.82 Å². The number of amides is 1. The monoisotopic (exact) mass is 324 g/mol. The van der Waals surface area contributed by atoms with Crippen molar-refractivity contribution in [1.29, 1.82) is 0 Å². The summed E-state index contributed by atoms with van der Waals surface area (Å²) in [6, 6.07) is 7.24. The van der Waals surface area contributed by atoms with Crippen LogP contribution in [0.25, 0.3) is 0 Å². The molecule has 0 aliphatic heterocycles. The van der Waals surface area contributed by atoms with Crippen molar-refractivity contribution < 1.29 is 14.1 Å². The Bertz CT molecular complexity index is 595. The van der Waals surface area contributed by atoms with E-state index < -0.39 is 0 Å². The molecule has 1 aromatic heterocycles. The lowest BCUT2D eigenvalue weighted by Gasteiger charge is -2.08. The second-order valence-corrected chi connectivity index (χ2v) is 4.99. The molecule has 2 rings (SSSR count). The standard InChI is InChI=1S/C13H13BrN2O3/c1-8-5-10(14)3-4-11(8)18-7-13(17)15-12-6-9(2)19-16-12/h3-6H,7H2,1-2H3,(H,15,16,17). The van der Waals surface area contributed by atoms with Gasteiger partial charge in [-0.2, -0.15) is 0 Å². The molecule has 0 aliphatic carbocycles. The van der Waals surface area contributed by atoms with Gasteiger partial charge in [-0.25, -0.2) is 0 Å². The summed E-state index contributed by atoms with van der Waals surface area (Å²) >= 11 is 3.37. The highest BCUT2D eigenvalue weighted by atomic mass is 79.9. The molecule has 6 heteroatoms. The number of ether oxygens (including phenoxy) is 1. The van der Waals surface area contributed by atoms with Crippen LogP contribution < -0.4 is 10.1 Å². The van der Waals surface area contributed by atoms with E-state index in [0.717, 1.165) is 10.0 Å². The third-order valence-electron chi connectivity index (χ3n) is 2.39. The fourth-order valence-corrected chi connectivity index (χ4v) is 2.00. The number of carbonyl (C=O) groups excluding carboxylic acids is 1. The molecule has 0 radical (unpaired) electrons. The van der Waals surface area contributed by atoms with E-state index in [4.69, 9.17) is 9.26 Å². The number of carbonyl (C=O) groups is 1. The SMILES string of the molecule is Cc1cc(NC(=O)COc2ccc(Br)cc2C)no1. The van der Waals surface area contributed by atoms with Gasteiger partial charge in [-0.15, -0.1) is 0 Å². The van der Waals surface area contributed by atoms with E-state index in [1.807, 2.05) is 25.1 Å². The summed E-state index contributed by atoms with van der Waals surface area (Å²) in [7, 11) is 0. The fourth-order valence-electron chi connectivity index (χ4n) is 1.52. The van der Waals surface area contributed by atoms with Gasteiger partial charge >= 0.3 is 0 Å². The van der Waals surface area contributed by atoms with Crippen molar-refractivity contribution >= 4 is 27.7 Å². The van der Waals surface area contributed by atoms with Gasteiger partial charge in [-0.1, -0.05) is 21.1 Å². The van der Waals surface area contributed by atoms with Gasteiger partial charge in [-0.05, 0) is 37.6 Å². The molecule has 0 bridgehead atoms. The molecule has 0 spiro atoms. The van der Waals surface area contributed by atoms with E-state index in [9.17, 15) is 4.79 Å². The van der Waals surface area contributed by atoms with Crippen molar-refractivity contribution in [2.75, 3.05) is 11.9 Å². The number of hydrogen-bond donors (Lipinski definition) is 1. The molecule has 0 saturated carbocycles. The lowest BCUT2D eigenvalue weighted by Crippen LogP contribution is -2.20. The number of benzene rings is 1. The Kier molecular flexibility index (Phi) is 4.21. The van der Waals surface area contributed by atoms with Crippen LogP contribution in [0.5, 0.6) is 5.75 Å². The second-order valence-electron chi connectivity index (χ2n) is 4.07. The minimum absolute atomic E-state index is 0.0750. The molecule has 100 valence electrons. The average Bonchev–Trinajstić information content (AvgIpc) is 2.73. The lowest BCUT2D eigenvalue weighted by atomic mass is 10.2. The van der Waals surface area contributed by atoms with E-state index in [-0.39, 0.29) is 12.5 Å². The predicted octanol–water partition coefficient (Wildman–Crippen LogP) is 3.07. The number of aromatic nitrogens is 1. The summed E-state index contributed by atoms with van der Waals surface area (Å²) in [6.07, 6.45) is 0. The minimum atomic E-state index is -0.282. The van der Waals surface area contributed by atoms with Gasteiger partial charge in [0.1, 0.15) is 11.5 Å². The molecule has 0 aliphatic rings. The van der Waals surface area contributed by atoms with Crippen molar-refractivity contribution in [2.24, 2.45) is 0 Å². The Labute approximate surface area is 119 Å². The van der Waals surface area contributed by atoms with Crippen molar-refractivity contribution in [3.05, 3.63) is 40.1 Å². The molecular weight excluding hydrogens is 312 g/mol. The van der Waals surface area contributed by atoms with Crippen LogP contribution in [0, 0.1) is 13.8 Å². The van der Waals surface area contributed by atoms with Gasteiger partial charge in [0.05, 0.1) is 0 Å². The molecule has 2 aromatic rings. The van der Waals surface area contributed by atoms with E-state index in [1.165, 1.54) is 0 Å². The molecule has 5 nitrogen and oxygen atoms in total. The predicted molar refractivity (Wildman–Crippen MR) is 74.2 cm³/mol. The molecule has 1 N–H and O–H groups in total. The smallest absolute Gasteiger partial charge is 0.263 e. The number of nitrogens with one attached hydrogen (secondary N) is 1. The van der Waals surface area contributed by atoms with Crippen LogP contribution in [-0.2, 0) is 4.79 Å². The first-order chi connectivity index (χ1) is 9.04. The second kappa shape index (κ2) is 5.88. The highest BCUT2D eigenvalue weighted by Gasteiger charge is 2.08. The maximum absolute atomic E-state index is 11.6. The summed E-state index contributed by atoms with van der Waals surface area (Å²) in [5, 5.41) is 6.26. The van der Waals surface area contributed by atoms with Crippen LogP contribution in [0.3, 0.4) is 0 Å². The van der Waals surface area contributed by atoms with Crippen molar-refractivity contribution in [3.8, 4) is 5.75 Å². The fraction of sp³-hybridized carbons (Fsp3) is 0.231. The number of halogens is 1. The number of aryl methyl sites for hydroxylation is 2. The molecule has 19 heavy (non-hydrogen) atoms. The van der Waals surface area contributed by atoms with Crippen LogP contribution in [0.15, 0.2) is 33.3 Å². The molecular formula is C13H13BrN2O3. The van der Waals surface area contributed by atoms with Gasteiger partial charge in [-0.3, -0.25) is 4.79 Å². The van der Waals surface area contributed by atoms with E-state index in [2.05, 4.69) is 26.4 Å². The molecule has 1 amide bonds. The van der Waals surface area contributed by atoms with E-state index in [0.29, 0.717) is 17.3 Å². The Morgan fingerprint density at radius 2 is 2.21 bits per heavy atom. The summed E-state index contributed by atoms with van der Waals surface area (Å²) < 4.78 is 11.3. The molecule has 0 saturated heterocycles. The highest BCUT2D eigenvalue weighted by Crippen LogP contribution is 2.22. The molecule has 0 fully saturated rings. The van der Waals surface area contributed by atoms with Crippen molar-refractivity contribution in [2.45, 2.75) is 13.8 Å². The Morgan fingerprint density at radius 3 is 2.84 bits per heavy atom. The Hall–Kier alpha value is -1.82. The van der Waals surface area contributed by atoms with Crippen LogP contribution >= 0.6 is 15.9 Å².